The fourth-order valence-corrected chi connectivity index (χ4v) is 3.18. The Morgan fingerprint density at radius 1 is 1.23 bits per heavy atom. The summed E-state index contributed by atoms with van der Waals surface area (Å²) in [6.07, 6.45) is 3.44. The van der Waals surface area contributed by atoms with E-state index in [0.29, 0.717) is 12.2 Å². The van der Waals surface area contributed by atoms with Gasteiger partial charge >= 0.3 is 6.03 Å². The lowest BCUT2D eigenvalue weighted by molar-refractivity contribution is -0.0535. The summed E-state index contributed by atoms with van der Waals surface area (Å²) in [6.45, 7) is 4.04. The normalized spacial score (nSPS) is 21.0. The molecule has 3 rings (SSSR count). The Morgan fingerprint density at radius 2 is 1.91 bits per heavy atom. The zero-order valence-corrected chi connectivity index (χ0v) is 12.6. The third kappa shape index (κ3) is 3.39. The van der Waals surface area contributed by atoms with Gasteiger partial charge < -0.3 is 15.4 Å². The zero-order valence-electron chi connectivity index (χ0n) is 12.6. The standard InChI is InChI=1S/C16H22FN3O2/c17-13-2-4-14(5-3-13)19-15(21)18-12-16(6-1-7-16)20-8-10-22-11-9-20/h2-5H,1,6-12H2,(H2,18,19,21). The number of benzene rings is 1. The molecule has 1 saturated carbocycles. The van der Waals surface area contributed by atoms with Crippen molar-refractivity contribution in [1.29, 1.82) is 0 Å². The molecule has 1 saturated heterocycles. The summed E-state index contributed by atoms with van der Waals surface area (Å²) in [5.74, 6) is -0.313. The minimum absolute atomic E-state index is 0.0872. The Kier molecular flexibility index (Phi) is 4.59. The van der Waals surface area contributed by atoms with Gasteiger partial charge in [0.25, 0.3) is 0 Å². The highest BCUT2D eigenvalue weighted by Gasteiger charge is 2.42. The molecule has 1 heterocycles. The Morgan fingerprint density at radius 3 is 2.50 bits per heavy atom. The molecule has 2 amide bonds. The molecule has 0 unspecified atom stereocenters. The first-order chi connectivity index (χ1) is 10.7. The van der Waals surface area contributed by atoms with Gasteiger partial charge in [-0.25, -0.2) is 9.18 Å². The van der Waals surface area contributed by atoms with Crippen molar-refractivity contribution in [1.82, 2.24) is 10.2 Å². The molecule has 2 fully saturated rings. The SMILES string of the molecule is O=C(NCC1(N2CCOCC2)CCC1)Nc1ccc(F)cc1. The van der Waals surface area contributed by atoms with Crippen LogP contribution in [0.4, 0.5) is 14.9 Å². The molecule has 120 valence electrons. The van der Waals surface area contributed by atoms with Crippen molar-refractivity contribution in [3.8, 4) is 0 Å². The first-order valence-corrected chi connectivity index (χ1v) is 7.81. The Balaban J connectivity index is 1.51. The second-order valence-electron chi connectivity index (χ2n) is 5.99. The van der Waals surface area contributed by atoms with Gasteiger partial charge in [-0.1, -0.05) is 0 Å². The third-order valence-electron chi connectivity index (χ3n) is 4.65. The molecule has 2 N–H and O–H groups in total. The number of carbonyl (C=O) groups is 1. The number of nitrogens with one attached hydrogen (secondary N) is 2. The first-order valence-electron chi connectivity index (χ1n) is 7.81. The monoisotopic (exact) mass is 307 g/mol. The van der Waals surface area contributed by atoms with Crippen LogP contribution in [0.5, 0.6) is 0 Å². The van der Waals surface area contributed by atoms with Gasteiger partial charge in [0.2, 0.25) is 0 Å². The molecule has 0 spiro atoms. The highest BCUT2D eigenvalue weighted by molar-refractivity contribution is 5.89. The summed E-state index contributed by atoms with van der Waals surface area (Å²) in [5, 5.41) is 5.69. The van der Waals surface area contributed by atoms with Crippen molar-refractivity contribution in [2.24, 2.45) is 0 Å². The van der Waals surface area contributed by atoms with E-state index < -0.39 is 0 Å². The molecule has 0 aromatic heterocycles. The predicted molar refractivity (Wildman–Crippen MR) is 82.4 cm³/mol. The lowest BCUT2D eigenvalue weighted by atomic mass is 9.75. The van der Waals surface area contributed by atoms with Gasteiger partial charge in [0.05, 0.1) is 13.2 Å². The van der Waals surface area contributed by atoms with Crippen molar-refractivity contribution < 1.29 is 13.9 Å². The van der Waals surface area contributed by atoms with Crippen LogP contribution in [-0.2, 0) is 4.74 Å². The molecule has 1 aromatic rings. The van der Waals surface area contributed by atoms with Gasteiger partial charge in [0.15, 0.2) is 0 Å². The van der Waals surface area contributed by atoms with E-state index in [-0.39, 0.29) is 17.4 Å². The summed E-state index contributed by atoms with van der Waals surface area (Å²) in [4.78, 5) is 14.5. The molecule has 0 atom stereocenters. The van der Waals surface area contributed by atoms with Crippen LogP contribution in [0.1, 0.15) is 19.3 Å². The molecule has 0 bridgehead atoms. The van der Waals surface area contributed by atoms with Crippen molar-refractivity contribution in [3.63, 3.8) is 0 Å². The van der Waals surface area contributed by atoms with Gasteiger partial charge in [-0.3, -0.25) is 4.90 Å². The van der Waals surface area contributed by atoms with E-state index in [2.05, 4.69) is 15.5 Å². The summed E-state index contributed by atoms with van der Waals surface area (Å²) in [5.41, 5.74) is 0.678. The van der Waals surface area contributed by atoms with E-state index in [1.54, 1.807) is 12.1 Å². The molecule has 0 radical (unpaired) electrons. The van der Waals surface area contributed by atoms with Gasteiger partial charge in [0, 0.05) is 30.9 Å². The average Bonchev–Trinajstić information content (AvgIpc) is 2.50. The highest BCUT2D eigenvalue weighted by atomic mass is 19.1. The fourth-order valence-electron chi connectivity index (χ4n) is 3.18. The van der Waals surface area contributed by atoms with E-state index in [1.165, 1.54) is 18.6 Å². The van der Waals surface area contributed by atoms with E-state index in [9.17, 15) is 9.18 Å². The quantitative estimate of drug-likeness (QED) is 0.896. The number of carbonyl (C=O) groups excluding carboxylic acids is 1. The van der Waals surface area contributed by atoms with Crippen molar-refractivity contribution >= 4 is 11.7 Å². The molecular formula is C16H22FN3O2. The number of rotatable bonds is 4. The minimum Gasteiger partial charge on any atom is -0.379 e. The highest BCUT2D eigenvalue weighted by Crippen LogP contribution is 2.37. The van der Waals surface area contributed by atoms with Crippen LogP contribution in [-0.4, -0.2) is 49.3 Å². The van der Waals surface area contributed by atoms with Gasteiger partial charge in [-0.2, -0.15) is 0 Å². The molecule has 22 heavy (non-hydrogen) atoms. The zero-order chi connectivity index (χ0) is 15.4. The number of nitrogens with zero attached hydrogens (tertiary/aromatic N) is 1. The van der Waals surface area contributed by atoms with Crippen LogP contribution in [0, 0.1) is 5.82 Å². The Hall–Kier alpha value is -1.66. The average molecular weight is 307 g/mol. The van der Waals surface area contributed by atoms with Crippen LogP contribution < -0.4 is 10.6 Å². The van der Waals surface area contributed by atoms with E-state index in [1.807, 2.05) is 0 Å². The number of hydrogen-bond donors (Lipinski definition) is 2. The smallest absolute Gasteiger partial charge is 0.319 e. The predicted octanol–water partition coefficient (Wildman–Crippen LogP) is 2.20. The van der Waals surface area contributed by atoms with E-state index in [0.717, 1.165) is 39.1 Å². The number of urea groups is 1. The molecule has 5 nitrogen and oxygen atoms in total. The van der Waals surface area contributed by atoms with Crippen LogP contribution in [0.25, 0.3) is 0 Å². The lowest BCUT2D eigenvalue weighted by Crippen LogP contribution is -2.62. The molecular weight excluding hydrogens is 285 g/mol. The summed E-state index contributed by atoms with van der Waals surface area (Å²) < 4.78 is 18.2. The second kappa shape index (κ2) is 6.62. The number of anilines is 1. The van der Waals surface area contributed by atoms with Gasteiger partial charge in [-0.05, 0) is 43.5 Å². The second-order valence-corrected chi connectivity index (χ2v) is 5.99. The maximum atomic E-state index is 12.8. The van der Waals surface area contributed by atoms with E-state index >= 15 is 0 Å². The molecule has 6 heteroatoms. The van der Waals surface area contributed by atoms with Crippen LogP contribution >= 0.6 is 0 Å². The van der Waals surface area contributed by atoms with E-state index in [4.69, 9.17) is 4.74 Å². The van der Waals surface area contributed by atoms with Crippen molar-refractivity contribution in [3.05, 3.63) is 30.1 Å². The Labute approximate surface area is 129 Å². The molecule has 1 aliphatic heterocycles. The number of amides is 2. The fraction of sp³-hybridized carbons (Fsp3) is 0.562. The molecule has 2 aliphatic rings. The lowest BCUT2D eigenvalue weighted by Gasteiger charge is -2.51. The Bertz CT molecular complexity index is 511. The first kappa shape index (κ1) is 15.2. The number of morpholine rings is 1. The summed E-state index contributed by atoms with van der Waals surface area (Å²) >= 11 is 0. The van der Waals surface area contributed by atoms with Crippen molar-refractivity contribution in [2.45, 2.75) is 24.8 Å². The van der Waals surface area contributed by atoms with Crippen LogP contribution in [0.3, 0.4) is 0 Å². The van der Waals surface area contributed by atoms with Gasteiger partial charge in [0.1, 0.15) is 5.82 Å². The maximum Gasteiger partial charge on any atom is 0.319 e. The van der Waals surface area contributed by atoms with Crippen LogP contribution in [0.2, 0.25) is 0 Å². The number of hydrogen-bond acceptors (Lipinski definition) is 3. The maximum absolute atomic E-state index is 12.8. The topological polar surface area (TPSA) is 53.6 Å². The largest absolute Gasteiger partial charge is 0.379 e. The van der Waals surface area contributed by atoms with Crippen molar-refractivity contribution in [2.75, 3.05) is 38.2 Å². The third-order valence-corrected chi connectivity index (χ3v) is 4.65. The summed E-state index contributed by atoms with van der Waals surface area (Å²) in [6, 6.07) is 5.52. The summed E-state index contributed by atoms with van der Waals surface area (Å²) in [7, 11) is 0. The number of halogens is 1. The molecule has 1 aliphatic carbocycles. The van der Waals surface area contributed by atoms with Gasteiger partial charge in [-0.15, -0.1) is 0 Å². The van der Waals surface area contributed by atoms with Crippen LogP contribution in [0.15, 0.2) is 24.3 Å². The number of ether oxygens (including phenoxy) is 1. The molecule has 1 aromatic carbocycles. The minimum atomic E-state index is -0.313.